The number of carboxylic acid groups (broad SMARTS) is 1. The first kappa shape index (κ1) is 12.9. The molecule has 0 saturated carbocycles. The molecule has 0 aliphatic heterocycles. The molecule has 19 heavy (non-hydrogen) atoms. The summed E-state index contributed by atoms with van der Waals surface area (Å²) in [6.45, 7) is 1.82. The number of aromatic carboxylic acids is 1. The van der Waals surface area contributed by atoms with Crippen LogP contribution >= 0.6 is 0 Å². The number of aromatic hydroxyl groups is 2. The van der Waals surface area contributed by atoms with E-state index < -0.39 is 34.3 Å². The van der Waals surface area contributed by atoms with Crippen molar-refractivity contribution in [1.82, 2.24) is 4.57 Å². The van der Waals surface area contributed by atoms with Crippen LogP contribution in [0, 0.1) is 5.82 Å². The fraction of sp³-hybridized carbons (Fsp3) is 0.167. The lowest BCUT2D eigenvalue weighted by molar-refractivity contribution is 0.0695. The van der Waals surface area contributed by atoms with Gasteiger partial charge in [-0.25, -0.2) is 9.18 Å². The third-order valence-corrected chi connectivity index (χ3v) is 2.83. The van der Waals surface area contributed by atoms with E-state index in [2.05, 4.69) is 0 Å². The minimum Gasteiger partial charge on any atom is -0.504 e. The number of hydrogen-bond acceptors (Lipinski definition) is 4. The van der Waals surface area contributed by atoms with Gasteiger partial charge in [0.25, 0.3) is 0 Å². The van der Waals surface area contributed by atoms with Gasteiger partial charge in [0.1, 0.15) is 5.56 Å². The van der Waals surface area contributed by atoms with Gasteiger partial charge in [-0.1, -0.05) is 0 Å². The lowest BCUT2D eigenvalue weighted by Crippen LogP contribution is -2.19. The van der Waals surface area contributed by atoms with Crippen LogP contribution in [0.25, 0.3) is 10.9 Å². The molecule has 0 radical (unpaired) electrons. The molecule has 0 amide bonds. The molecule has 0 aliphatic rings. The summed E-state index contributed by atoms with van der Waals surface area (Å²) < 4.78 is 15.1. The maximum absolute atomic E-state index is 13.9. The van der Waals surface area contributed by atoms with Crippen molar-refractivity contribution in [3.8, 4) is 11.5 Å². The molecule has 6 nitrogen and oxygen atoms in total. The van der Waals surface area contributed by atoms with Crippen molar-refractivity contribution >= 4 is 16.9 Å². The van der Waals surface area contributed by atoms with E-state index in [1.165, 1.54) is 4.57 Å². The van der Waals surface area contributed by atoms with E-state index >= 15 is 0 Å². The Hall–Kier alpha value is -2.57. The quantitative estimate of drug-likeness (QED) is 0.711. The molecule has 2 rings (SSSR count). The van der Waals surface area contributed by atoms with Gasteiger partial charge < -0.3 is 19.9 Å². The Bertz CT molecular complexity index is 750. The molecule has 0 saturated heterocycles. The van der Waals surface area contributed by atoms with Crippen molar-refractivity contribution in [2.45, 2.75) is 13.5 Å². The highest BCUT2D eigenvalue weighted by Gasteiger charge is 2.20. The second-order valence-corrected chi connectivity index (χ2v) is 3.92. The van der Waals surface area contributed by atoms with Crippen LogP contribution in [0.3, 0.4) is 0 Å². The zero-order valence-electron chi connectivity index (χ0n) is 9.85. The topological polar surface area (TPSA) is 99.8 Å². The largest absolute Gasteiger partial charge is 0.504 e. The smallest absolute Gasteiger partial charge is 0.341 e. The maximum atomic E-state index is 13.9. The number of carboxylic acids is 1. The van der Waals surface area contributed by atoms with Gasteiger partial charge in [-0.2, -0.15) is 0 Å². The molecule has 0 aliphatic carbocycles. The summed E-state index contributed by atoms with van der Waals surface area (Å²) in [7, 11) is 0. The van der Waals surface area contributed by atoms with Crippen LogP contribution in [0.1, 0.15) is 17.3 Å². The highest BCUT2D eigenvalue weighted by molar-refractivity contribution is 5.93. The molecule has 1 aromatic carbocycles. The zero-order chi connectivity index (χ0) is 14.3. The lowest BCUT2D eigenvalue weighted by atomic mass is 10.1. The lowest BCUT2D eigenvalue weighted by Gasteiger charge is -2.12. The predicted molar refractivity (Wildman–Crippen MR) is 64.1 cm³/mol. The SMILES string of the molecule is CCn1cc(C(=O)O)c(=O)c2cc(O)c(O)c(F)c21. The molecule has 100 valence electrons. The van der Waals surface area contributed by atoms with Crippen molar-refractivity contribution in [3.63, 3.8) is 0 Å². The Morgan fingerprint density at radius 1 is 1.42 bits per heavy atom. The van der Waals surface area contributed by atoms with E-state index in [1.807, 2.05) is 0 Å². The van der Waals surface area contributed by atoms with Crippen LogP contribution < -0.4 is 5.43 Å². The van der Waals surface area contributed by atoms with Crippen molar-refractivity contribution in [2.24, 2.45) is 0 Å². The van der Waals surface area contributed by atoms with Gasteiger partial charge >= 0.3 is 5.97 Å². The molecule has 3 N–H and O–H groups in total. The van der Waals surface area contributed by atoms with E-state index in [9.17, 15) is 24.2 Å². The second kappa shape index (κ2) is 4.27. The Kier molecular flexibility index (Phi) is 2.89. The first-order valence-corrected chi connectivity index (χ1v) is 5.39. The molecule has 2 aromatic rings. The summed E-state index contributed by atoms with van der Waals surface area (Å²) in [5.74, 6) is -4.39. The first-order chi connectivity index (χ1) is 8.88. The zero-order valence-corrected chi connectivity index (χ0v) is 9.85. The van der Waals surface area contributed by atoms with Crippen LogP contribution in [0.4, 0.5) is 4.39 Å². The number of benzene rings is 1. The standard InChI is InChI=1S/C12H10FNO5/c1-2-14-4-6(12(18)19)10(16)5-3-7(15)11(17)8(13)9(5)14/h3-4,15,17H,2H2,1H3,(H,18,19). The Morgan fingerprint density at radius 3 is 2.58 bits per heavy atom. The highest BCUT2D eigenvalue weighted by Crippen LogP contribution is 2.33. The highest BCUT2D eigenvalue weighted by atomic mass is 19.1. The number of nitrogens with zero attached hydrogens (tertiary/aromatic N) is 1. The molecular weight excluding hydrogens is 257 g/mol. The van der Waals surface area contributed by atoms with Crippen molar-refractivity contribution in [2.75, 3.05) is 0 Å². The molecule has 0 bridgehead atoms. The predicted octanol–water partition coefficient (Wildman–Crippen LogP) is 1.27. The number of pyridine rings is 1. The Labute approximate surface area is 106 Å². The summed E-state index contributed by atoms with van der Waals surface area (Å²) in [4.78, 5) is 22.9. The average molecular weight is 267 g/mol. The monoisotopic (exact) mass is 267 g/mol. The van der Waals surface area contributed by atoms with Gasteiger partial charge in [0, 0.05) is 12.7 Å². The summed E-state index contributed by atoms with van der Waals surface area (Å²) in [6.07, 6.45) is 1.01. The van der Waals surface area contributed by atoms with Crippen molar-refractivity contribution in [1.29, 1.82) is 0 Å². The summed E-state index contributed by atoms with van der Waals surface area (Å²) in [5, 5.41) is 27.3. The van der Waals surface area contributed by atoms with Crippen LogP contribution in [-0.4, -0.2) is 25.9 Å². The number of aryl methyl sites for hydroxylation is 1. The van der Waals surface area contributed by atoms with Gasteiger partial charge in [0.2, 0.25) is 5.43 Å². The van der Waals surface area contributed by atoms with Crippen LogP contribution in [0.2, 0.25) is 0 Å². The minimum absolute atomic E-state index is 0.193. The first-order valence-electron chi connectivity index (χ1n) is 5.39. The van der Waals surface area contributed by atoms with E-state index in [-0.39, 0.29) is 17.4 Å². The fourth-order valence-electron chi connectivity index (χ4n) is 1.90. The van der Waals surface area contributed by atoms with E-state index in [1.54, 1.807) is 6.92 Å². The molecule has 0 unspecified atom stereocenters. The number of halogens is 1. The van der Waals surface area contributed by atoms with Crippen molar-refractivity contribution in [3.05, 3.63) is 33.9 Å². The molecule has 0 spiro atoms. The summed E-state index contributed by atoms with van der Waals surface area (Å²) in [6, 6.07) is 0.856. The number of phenols is 2. The van der Waals surface area contributed by atoms with Gasteiger partial charge in [0.05, 0.1) is 10.9 Å². The van der Waals surface area contributed by atoms with Crippen LogP contribution in [0.15, 0.2) is 17.1 Å². The fourth-order valence-corrected chi connectivity index (χ4v) is 1.90. The van der Waals surface area contributed by atoms with Crippen LogP contribution in [-0.2, 0) is 6.54 Å². The number of hydrogen-bond donors (Lipinski definition) is 3. The third-order valence-electron chi connectivity index (χ3n) is 2.83. The maximum Gasteiger partial charge on any atom is 0.341 e. The number of carbonyl (C=O) groups is 1. The van der Waals surface area contributed by atoms with Crippen molar-refractivity contribution < 1.29 is 24.5 Å². The van der Waals surface area contributed by atoms with E-state index in [0.29, 0.717) is 0 Å². The molecule has 7 heteroatoms. The molecule has 0 atom stereocenters. The Morgan fingerprint density at radius 2 is 2.05 bits per heavy atom. The summed E-state index contributed by atoms with van der Waals surface area (Å²) >= 11 is 0. The molecule has 1 aromatic heterocycles. The molecule has 0 fully saturated rings. The number of rotatable bonds is 2. The normalized spacial score (nSPS) is 10.8. The van der Waals surface area contributed by atoms with Gasteiger partial charge in [-0.3, -0.25) is 4.79 Å². The minimum atomic E-state index is -1.44. The van der Waals surface area contributed by atoms with Gasteiger partial charge in [0.15, 0.2) is 17.3 Å². The molecule has 1 heterocycles. The van der Waals surface area contributed by atoms with E-state index in [0.717, 1.165) is 12.3 Å². The molecular formula is C12H10FNO5. The van der Waals surface area contributed by atoms with Gasteiger partial charge in [-0.15, -0.1) is 0 Å². The third kappa shape index (κ3) is 1.79. The number of phenolic OH excluding ortho intramolecular Hbond substituents is 2. The average Bonchev–Trinajstić information content (AvgIpc) is 2.37. The number of aromatic nitrogens is 1. The second-order valence-electron chi connectivity index (χ2n) is 3.92. The number of fused-ring (bicyclic) bond motifs is 1. The summed E-state index contributed by atoms with van der Waals surface area (Å²) in [5.41, 5.74) is -1.69. The van der Waals surface area contributed by atoms with E-state index in [4.69, 9.17) is 5.11 Å². The van der Waals surface area contributed by atoms with Crippen LogP contribution in [0.5, 0.6) is 11.5 Å². The van der Waals surface area contributed by atoms with Gasteiger partial charge in [-0.05, 0) is 13.0 Å². The Balaban J connectivity index is 3.08.